The number of carbonyl (C=O) groups is 2. The number of carbonyl (C=O) groups excluding carboxylic acids is 2. The van der Waals surface area contributed by atoms with E-state index in [-0.39, 0.29) is 12.0 Å². The Balaban J connectivity index is 1.79. The van der Waals surface area contributed by atoms with E-state index in [0.29, 0.717) is 19.5 Å². The fourth-order valence-electron chi connectivity index (χ4n) is 2.98. The molecule has 3 amide bonds. The van der Waals surface area contributed by atoms with Crippen LogP contribution in [0.2, 0.25) is 0 Å². The molecular formula is C18H28N4O3. The molecule has 0 unspecified atom stereocenters. The lowest BCUT2D eigenvalue weighted by Crippen LogP contribution is -2.46. The van der Waals surface area contributed by atoms with Gasteiger partial charge in [0.2, 0.25) is 5.91 Å². The minimum Gasteiger partial charge on any atom is -0.485 e. The van der Waals surface area contributed by atoms with Gasteiger partial charge in [0, 0.05) is 26.6 Å². The molecule has 0 fully saturated rings. The standard InChI is InChI=1S/C18H28N4O3/c1-3-22-13-14(25-16-9-5-4-8-15(16)22)12-21(2)17(23)10-6-7-11-20-18(19)24/h4-5,8-9,14H,3,6-7,10-13H2,1-2H3,(H3,19,20,24)/t14-/m0/s1. The van der Waals surface area contributed by atoms with Gasteiger partial charge in [0.05, 0.1) is 18.8 Å². The van der Waals surface area contributed by atoms with E-state index in [0.717, 1.165) is 37.4 Å². The molecule has 0 aliphatic carbocycles. The van der Waals surface area contributed by atoms with Gasteiger partial charge in [-0.15, -0.1) is 0 Å². The monoisotopic (exact) mass is 348 g/mol. The van der Waals surface area contributed by atoms with Crippen LogP contribution < -0.4 is 20.7 Å². The topological polar surface area (TPSA) is 87.9 Å². The van der Waals surface area contributed by atoms with Crippen molar-refractivity contribution in [1.82, 2.24) is 10.2 Å². The van der Waals surface area contributed by atoms with Gasteiger partial charge in [0.25, 0.3) is 0 Å². The molecule has 0 bridgehead atoms. The fraction of sp³-hybridized carbons (Fsp3) is 0.556. The largest absolute Gasteiger partial charge is 0.485 e. The van der Waals surface area contributed by atoms with Gasteiger partial charge in [-0.05, 0) is 31.9 Å². The predicted molar refractivity (Wildman–Crippen MR) is 97.8 cm³/mol. The van der Waals surface area contributed by atoms with Crippen molar-refractivity contribution >= 4 is 17.6 Å². The van der Waals surface area contributed by atoms with Crippen LogP contribution in [-0.4, -0.2) is 56.2 Å². The molecule has 2 rings (SSSR count). The van der Waals surface area contributed by atoms with Crippen molar-refractivity contribution in [2.24, 2.45) is 5.73 Å². The summed E-state index contributed by atoms with van der Waals surface area (Å²) in [5, 5.41) is 2.52. The molecule has 1 aliphatic heterocycles. The van der Waals surface area contributed by atoms with E-state index in [2.05, 4.69) is 23.2 Å². The minimum atomic E-state index is -0.529. The van der Waals surface area contributed by atoms with E-state index in [1.807, 2.05) is 25.2 Å². The van der Waals surface area contributed by atoms with Gasteiger partial charge in [-0.2, -0.15) is 0 Å². The molecule has 25 heavy (non-hydrogen) atoms. The molecule has 7 nitrogen and oxygen atoms in total. The summed E-state index contributed by atoms with van der Waals surface area (Å²) < 4.78 is 6.06. The molecule has 0 radical (unpaired) electrons. The molecule has 0 saturated carbocycles. The molecule has 1 aromatic carbocycles. The van der Waals surface area contributed by atoms with E-state index in [1.54, 1.807) is 4.90 Å². The Labute approximate surface area is 149 Å². The lowest BCUT2D eigenvalue weighted by molar-refractivity contribution is -0.131. The van der Waals surface area contributed by atoms with Crippen LogP contribution in [0.3, 0.4) is 0 Å². The van der Waals surface area contributed by atoms with Crippen molar-refractivity contribution in [3.63, 3.8) is 0 Å². The molecule has 0 saturated heterocycles. The second-order valence-corrected chi connectivity index (χ2v) is 6.27. The van der Waals surface area contributed by atoms with Crippen LogP contribution in [0, 0.1) is 0 Å². The summed E-state index contributed by atoms with van der Waals surface area (Å²) in [6.07, 6.45) is 1.87. The van der Waals surface area contributed by atoms with E-state index >= 15 is 0 Å². The van der Waals surface area contributed by atoms with Gasteiger partial charge in [0.1, 0.15) is 11.9 Å². The third-order valence-corrected chi connectivity index (χ3v) is 4.33. The number of primary amides is 1. The maximum absolute atomic E-state index is 12.3. The highest BCUT2D eigenvalue weighted by atomic mass is 16.5. The van der Waals surface area contributed by atoms with Crippen LogP contribution in [0.1, 0.15) is 26.2 Å². The quantitative estimate of drug-likeness (QED) is 0.698. The number of hydrogen-bond donors (Lipinski definition) is 2. The third-order valence-electron chi connectivity index (χ3n) is 4.33. The van der Waals surface area contributed by atoms with Gasteiger partial charge in [0.15, 0.2) is 0 Å². The number of anilines is 1. The van der Waals surface area contributed by atoms with E-state index < -0.39 is 6.03 Å². The molecule has 1 aliphatic rings. The number of amides is 3. The second-order valence-electron chi connectivity index (χ2n) is 6.27. The average molecular weight is 348 g/mol. The predicted octanol–water partition coefficient (Wildman–Crippen LogP) is 1.57. The van der Waals surface area contributed by atoms with E-state index in [9.17, 15) is 9.59 Å². The Morgan fingerprint density at radius 2 is 2.12 bits per heavy atom. The maximum atomic E-state index is 12.3. The van der Waals surface area contributed by atoms with Crippen molar-refractivity contribution in [3.8, 4) is 5.75 Å². The number of fused-ring (bicyclic) bond motifs is 1. The van der Waals surface area contributed by atoms with Crippen LogP contribution in [0.15, 0.2) is 24.3 Å². The number of urea groups is 1. The van der Waals surface area contributed by atoms with Crippen LogP contribution >= 0.6 is 0 Å². The number of nitrogens with zero attached hydrogens (tertiary/aromatic N) is 2. The van der Waals surface area contributed by atoms with Crippen molar-refractivity contribution in [1.29, 1.82) is 0 Å². The maximum Gasteiger partial charge on any atom is 0.312 e. The number of likely N-dealkylation sites (N-methyl/N-ethyl adjacent to an activating group) is 2. The molecule has 1 atom stereocenters. The molecule has 0 spiro atoms. The highest BCUT2D eigenvalue weighted by molar-refractivity contribution is 5.76. The zero-order valence-electron chi connectivity index (χ0n) is 15.0. The number of rotatable bonds is 8. The first-order chi connectivity index (χ1) is 12.0. The summed E-state index contributed by atoms with van der Waals surface area (Å²) >= 11 is 0. The first kappa shape index (κ1) is 18.9. The van der Waals surface area contributed by atoms with Gasteiger partial charge < -0.3 is 25.6 Å². The van der Waals surface area contributed by atoms with Gasteiger partial charge in [-0.3, -0.25) is 4.79 Å². The molecule has 1 aromatic rings. The Kier molecular flexibility index (Phi) is 6.91. The smallest absolute Gasteiger partial charge is 0.312 e. The summed E-state index contributed by atoms with van der Waals surface area (Å²) in [6.45, 7) is 4.85. The van der Waals surface area contributed by atoms with Crippen LogP contribution in [0.4, 0.5) is 10.5 Å². The number of nitrogens with two attached hydrogens (primary N) is 1. The molecule has 7 heteroatoms. The number of benzene rings is 1. The molecule has 0 aromatic heterocycles. The fourth-order valence-corrected chi connectivity index (χ4v) is 2.98. The third kappa shape index (κ3) is 5.55. The molecular weight excluding hydrogens is 320 g/mol. The number of nitrogens with one attached hydrogen (secondary N) is 1. The SMILES string of the molecule is CCN1C[C@H](CN(C)C(=O)CCCCNC(N)=O)Oc2ccccc21. The Morgan fingerprint density at radius 3 is 2.84 bits per heavy atom. The number of hydrogen-bond acceptors (Lipinski definition) is 4. The van der Waals surface area contributed by atoms with Crippen LogP contribution in [0.5, 0.6) is 5.75 Å². The van der Waals surface area contributed by atoms with Crippen LogP contribution in [0.25, 0.3) is 0 Å². The zero-order valence-corrected chi connectivity index (χ0v) is 15.0. The van der Waals surface area contributed by atoms with Crippen molar-refractivity contribution in [3.05, 3.63) is 24.3 Å². The lowest BCUT2D eigenvalue weighted by atomic mass is 10.1. The summed E-state index contributed by atoms with van der Waals surface area (Å²) in [6, 6.07) is 7.47. The van der Waals surface area contributed by atoms with Gasteiger partial charge in [-0.1, -0.05) is 12.1 Å². The van der Waals surface area contributed by atoms with Crippen molar-refractivity contribution in [2.75, 3.05) is 38.1 Å². The first-order valence-corrected chi connectivity index (χ1v) is 8.79. The van der Waals surface area contributed by atoms with Gasteiger partial charge >= 0.3 is 6.03 Å². The Hall–Kier alpha value is -2.44. The number of unbranched alkanes of at least 4 members (excludes halogenated alkanes) is 1. The number of ether oxygens (including phenoxy) is 1. The zero-order chi connectivity index (χ0) is 18.2. The average Bonchev–Trinajstić information content (AvgIpc) is 2.60. The van der Waals surface area contributed by atoms with E-state index in [1.165, 1.54) is 0 Å². The summed E-state index contributed by atoms with van der Waals surface area (Å²) in [5.41, 5.74) is 6.11. The first-order valence-electron chi connectivity index (χ1n) is 8.79. The second kappa shape index (κ2) is 9.15. The summed E-state index contributed by atoms with van der Waals surface area (Å²) in [5.74, 6) is 0.962. The highest BCUT2D eigenvalue weighted by Gasteiger charge is 2.26. The van der Waals surface area contributed by atoms with Crippen LogP contribution in [-0.2, 0) is 4.79 Å². The summed E-state index contributed by atoms with van der Waals surface area (Å²) in [7, 11) is 1.81. The van der Waals surface area contributed by atoms with Crippen molar-refractivity contribution in [2.45, 2.75) is 32.3 Å². The van der Waals surface area contributed by atoms with Gasteiger partial charge in [-0.25, -0.2) is 4.79 Å². The Bertz CT molecular complexity index is 593. The minimum absolute atomic E-state index is 0.0414. The molecule has 1 heterocycles. The highest BCUT2D eigenvalue weighted by Crippen LogP contribution is 2.32. The lowest BCUT2D eigenvalue weighted by Gasteiger charge is -2.37. The molecule has 3 N–H and O–H groups in total. The number of para-hydroxylation sites is 2. The molecule has 138 valence electrons. The van der Waals surface area contributed by atoms with Crippen molar-refractivity contribution < 1.29 is 14.3 Å². The summed E-state index contributed by atoms with van der Waals surface area (Å²) in [4.78, 5) is 26.8. The normalized spacial score (nSPS) is 15.9. The van der Waals surface area contributed by atoms with E-state index in [4.69, 9.17) is 10.5 Å². The Morgan fingerprint density at radius 1 is 1.36 bits per heavy atom.